The molecule has 3 atom stereocenters. The molecule has 0 radical (unpaired) electrons. The first-order valence-corrected chi connectivity index (χ1v) is 12.0. The van der Waals surface area contributed by atoms with E-state index in [0.29, 0.717) is 18.4 Å². The van der Waals surface area contributed by atoms with Gasteiger partial charge in [-0.05, 0) is 61.6 Å². The molecule has 3 aliphatic heterocycles. The van der Waals surface area contributed by atoms with Crippen LogP contribution in [-0.2, 0) is 14.8 Å². The van der Waals surface area contributed by atoms with Gasteiger partial charge in [-0.15, -0.1) is 0 Å². The summed E-state index contributed by atoms with van der Waals surface area (Å²) in [6, 6.07) is 7.81. The Labute approximate surface area is 184 Å². The van der Waals surface area contributed by atoms with Crippen LogP contribution in [0.4, 0.5) is 13.2 Å². The SMILES string of the molecule is O=S(=O)(c1cccc(F)c1)N1CCC2(CC1)O[C@@H]1CC[C@@H](c3cc(F)cc(F)c3)N1C2O. The molecule has 1 spiro atoms. The fraction of sp³-hybridized carbons (Fsp3) is 0.455. The summed E-state index contributed by atoms with van der Waals surface area (Å²) in [7, 11) is -3.87. The van der Waals surface area contributed by atoms with Crippen LogP contribution in [0.1, 0.15) is 37.3 Å². The molecule has 0 aliphatic carbocycles. The molecule has 0 bridgehead atoms. The second kappa shape index (κ2) is 7.81. The van der Waals surface area contributed by atoms with Gasteiger partial charge in [-0.1, -0.05) is 6.07 Å². The summed E-state index contributed by atoms with van der Waals surface area (Å²) in [5.41, 5.74) is -0.529. The first-order chi connectivity index (χ1) is 15.2. The number of nitrogens with zero attached hydrogens (tertiary/aromatic N) is 2. The van der Waals surface area contributed by atoms with Gasteiger partial charge in [0.15, 0.2) is 0 Å². The number of aliphatic hydroxyl groups excluding tert-OH is 1. The van der Waals surface area contributed by atoms with Crippen LogP contribution in [0.3, 0.4) is 0 Å². The van der Waals surface area contributed by atoms with Gasteiger partial charge >= 0.3 is 0 Å². The molecule has 1 unspecified atom stereocenters. The van der Waals surface area contributed by atoms with Gasteiger partial charge in [-0.25, -0.2) is 26.5 Å². The Bertz CT molecular complexity index is 1120. The number of rotatable bonds is 3. The van der Waals surface area contributed by atoms with E-state index in [2.05, 4.69) is 0 Å². The van der Waals surface area contributed by atoms with Gasteiger partial charge in [-0.3, -0.25) is 0 Å². The lowest BCUT2D eigenvalue weighted by Gasteiger charge is -2.41. The molecule has 10 heteroatoms. The van der Waals surface area contributed by atoms with Crippen molar-refractivity contribution in [2.75, 3.05) is 13.1 Å². The summed E-state index contributed by atoms with van der Waals surface area (Å²) in [4.78, 5) is 1.63. The van der Waals surface area contributed by atoms with Gasteiger partial charge < -0.3 is 9.84 Å². The fourth-order valence-corrected chi connectivity index (χ4v) is 6.69. The van der Waals surface area contributed by atoms with Crippen LogP contribution in [-0.4, -0.2) is 53.9 Å². The van der Waals surface area contributed by atoms with Crippen LogP contribution >= 0.6 is 0 Å². The molecular formula is C22H23F3N2O4S. The lowest BCUT2D eigenvalue weighted by atomic mass is 9.89. The highest BCUT2D eigenvalue weighted by atomic mass is 32.2. The standard InChI is InChI=1S/C22H23F3N2O4S/c23-15-2-1-3-18(13-15)32(29,30)26-8-6-22(7-9-26)21(28)27-19(4-5-20(27)31-22)14-10-16(24)12-17(25)11-14/h1-3,10-13,19-21,28H,4-9H2/t19-,20+,21?/m0/s1. The number of ether oxygens (including phenoxy) is 1. The maximum absolute atomic E-state index is 13.8. The number of sulfonamides is 1. The molecule has 2 aromatic carbocycles. The summed E-state index contributed by atoms with van der Waals surface area (Å²) in [6.45, 7) is 0.214. The van der Waals surface area contributed by atoms with Crippen molar-refractivity contribution in [2.24, 2.45) is 0 Å². The zero-order valence-corrected chi connectivity index (χ0v) is 17.9. The van der Waals surface area contributed by atoms with Crippen LogP contribution in [0.2, 0.25) is 0 Å². The van der Waals surface area contributed by atoms with Crippen LogP contribution in [0.25, 0.3) is 0 Å². The summed E-state index contributed by atoms with van der Waals surface area (Å²) < 4.78 is 74.3. The van der Waals surface area contributed by atoms with Gasteiger partial charge in [0.2, 0.25) is 10.0 Å². The van der Waals surface area contributed by atoms with E-state index >= 15 is 0 Å². The van der Waals surface area contributed by atoms with E-state index in [1.54, 1.807) is 4.90 Å². The molecule has 0 amide bonds. The Balaban J connectivity index is 1.34. The van der Waals surface area contributed by atoms with Crippen LogP contribution in [0.15, 0.2) is 47.4 Å². The van der Waals surface area contributed by atoms with E-state index in [9.17, 15) is 26.7 Å². The molecule has 3 fully saturated rings. The summed E-state index contributed by atoms with van der Waals surface area (Å²) in [5, 5.41) is 11.2. The van der Waals surface area contributed by atoms with Gasteiger partial charge in [0, 0.05) is 25.2 Å². The minimum absolute atomic E-state index is 0.107. The quantitative estimate of drug-likeness (QED) is 0.750. The third kappa shape index (κ3) is 3.54. The fourth-order valence-electron chi connectivity index (χ4n) is 5.21. The minimum atomic E-state index is -3.87. The van der Waals surface area contributed by atoms with Crippen molar-refractivity contribution in [1.29, 1.82) is 0 Å². The largest absolute Gasteiger partial charge is 0.375 e. The van der Waals surface area contributed by atoms with Crippen LogP contribution in [0, 0.1) is 17.5 Å². The van der Waals surface area contributed by atoms with E-state index in [1.807, 2.05) is 0 Å². The summed E-state index contributed by atoms with van der Waals surface area (Å²) in [6.07, 6.45) is 0.228. The predicted molar refractivity (Wildman–Crippen MR) is 108 cm³/mol. The Morgan fingerprint density at radius 1 is 0.969 bits per heavy atom. The lowest BCUT2D eigenvalue weighted by molar-refractivity contribution is -0.112. The van der Waals surface area contributed by atoms with Gasteiger partial charge in [0.1, 0.15) is 35.5 Å². The highest BCUT2D eigenvalue weighted by molar-refractivity contribution is 7.89. The van der Waals surface area contributed by atoms with E-state index in [1.165, 1.54) is 34.6 Å². The molecular weight excluding hydrogens is 445 g/mol. The van der Waals surface area contributed by atoms with Crippen molar-refractivity contribution in [3.05, 3.63) is 65.5 Å². The summed E-state index contributed by atoms with van der Waals surface area (Å²) in [5.74, 6) is -1.98. The minimum Gasteiger partial charge on any atom is -0.375 e. The summed E-state index contributed by atoms with van der Waals surface area (Å²) >= 11 is 0. The maximum Gasteiger partial charge on any atom is 0.243 e. The van der Waals surface area contributed by atoms with Crippen molar-refractivity contribution in [2.45, 2.75) is 54.7 Å². The second-order valence-corrected chi connectivity index (χ2v) is 10.6. The third-order valence-electron chi connectivity index (χ3n) is 6.78. The molecule has 2 aromatic rings. The van der Waals surface area contributed by atoms with E-state index in [-0.39, 0.29) is 30.8 Å². The number of hydrogen-bond acceptors (Lipinski definition) is 5. The number of hydrogen-bond donors (Lipinski definition) is 1. The first-order valence-electron chi connectivity index (χ1n) is 10.5. The van der Waals surface area contributed by atoms with Gasteiger partial charge in [-0.2, -0.15) is 4.31 Å². The number of halogens is 3. The average molecular weight is 468 g/mol. The molecule has 3 heterocycles. The normalized spacial score (nSPS) is 28.3. The van der Waals surface area contributed by atoms with Gasteiger partial charge in [0.25, 0.3) is 0 Å². The highest BCUT2D eigenvalue weighted by Crippen LogP contribution is 2.50. The van der Waals surface area contributed by atoms with Crippen molar-refractivity contribution in [1.82, 2.24) is 9.21 Å². The van der Waals surface area contributed by atoms with Gasteiger partial charge in [0.05, 0.1) is 4.90 Å². The maximum atomic E-state index is 13.8. The zero-order valence-electron chi connectivity index (χ0n) is 17.1. The van der Waals surface area contributed by atoms with Crippen molar-refractivity contribution in [3.63, 3.8) is 0 Å². The molecule has 32 heavy (non-hydrogen) atoms. The predicted octanol–water partition coefficient (Wildman–Crippen LogP) is 3.14. The van der Waals surface area contributed by atoms with Crippen molar-refractivity contribution < 1.29 is 31.4 Å². The molecule has 0 saturated carbocycles. The van der Waals surface area contributed by atoms with E-state index in [4.69, 9.17) is 4.74 Å². The Morgan fingerprint density at radius 2 is 1.66 bits per heavy atom. The topological polar surface area (TPSA) is 70.1 Å². The zero-order chi connectivity index (χ0) is 22.7. The second-order valence-electron chi connectivity index (χ2n) is 8.62. The highest BCUT2D eigenvalue weighted by Gasteiger charge is 2.58. The third-order valence-corrected chi connectivity index (χ3v) is 8.67. The molecule has 172 valence electrons. The Kier molecular flexibility index (Phi) is 5.33. The molecule has 0 aromatic heterocycles. The first kappa shape index (κ1) is 21.8. The van der Waals surface area contributed by atoms with Crippen LogP contribution < -0.4 is 0 Å². The molecule has 5 rings (SSSR count). The average Bonchev–Trinajstić information content (AvgIpc) is 3.26. The molecule has 3 saturated heterocycles. The monoisotopic (exact) mass is 468 g/mol. The number of aliphatic hydroxyl groups is 1. The Morgan fingerprint density at radius 3 is 2.31 bits per heavy atom. The van der Waals surface area contributed by atoms with Crippen LogP contribution in [0.5, 0.6) is 0 Å². The number of piperidine rings is 1. The molecule has 1 N–H and O–H groups in total. The Hall–Kier alpha value is -1.98. The number of benzene rings is 2. The van der Waals surface area contributed by atoms with Crippen molar-refractivity contribution in [3.8, 4) is 0 Å². The van der Waals surface area contributed by atoms with E-state index in [0.717, 1.165) is 12.1 Å². The molecule has 3 aliphatic rings. The van der Waals surface area contributed by atoms with E-state index < -0.39 is 51.6 Å². The molecule has 6 nitrogen and oxygen atoms in total. The number of fused-ring (bicyclic) bond motifs is 1. The lowest BCUT2D eigenvalue weighted by Crippen LogP contribution is -2.53. The van der Waals surface area contributed by atoms with Crippen molar-refractivity contribution >= 4 is 10.0 Å². The smallest absolute Gasteiger partial charge is 0.243 e.